The van der Waals surface area contributed by atoms with E-state index in [4.69, 9.17) is 9.73 Å². The summed E-state index contributed by atoms with van der Waals surface area (Å²) in [6.07, 6.45) is 4.21. The lowest BCUT2D eigenvalue weighted by Gasteiger charge is -2.34. The van der Waals surface area contributed by atoms with E-state index in [0.29, 0.717) is 12.6 Å². The van der Waals surface area contributed by atoms with Crippen LogP contribution in [0.2, 0.25) is 0 Å². The summed E-state index contributed by atoms with van der Waals surface area (Å²) in [7, 11) is 0. The molecule has 29 heavy (non-hydrogen) atoms. The molecule has 6 nitrogen and oxygen atoms in total. The third-order valence-corrected chi connectivity index (χ3v) is 5.93. The second-order valence-electron chi connectivity index (χ2n) is 7.88. The fourth-order valence-corrected chi connectivity index (χ4v) is 4.35. The molecule has 160 valence electrons. The maximum absolute atomic E-state index is 12.0. The fourth-order valence-electron chi connectivity index (χ4n) is 4.35. The third-order valence-electron chi connectivity index (χ3n) is 5.93. The van der Waals surface area contributed by atoms with Gasteiger partial charge in [0.1, 0.15) is 0 Å². The van der Waals surface area contributed by atoms with E-state index in [1.165, 1.54) is 18.4 Å². The maximum atomic E-state index is 12.0. The Morgan fingerprint density at radius 2 is 1.83 bits per heavy atom. The van der Waals surface area contributed by atoms with Crippen molar-refractivity contribution in [1.29, 1.82) is 0 Å². The van der Waals surface area contributed by atoms with Gasteiger partial charge in [0.05, 0.1) is 25.1 Å². The molecule has 0 aromatic heterocycles. The monoisotopic (exact) mass is 400 g/mol. The summed E-state index contributed by atoms with van der Waals surface area (Å²) < 4.78 is 5.20. The van der Waals surface area contributed by atoms with Gasteiger partial charge in [-0.05, 0) is 58.2 Å². The number of likely N-dealkylation sites (tertiary alicyclic amines) is 2. The lowest BCUT2D eigenvalue weighted by molar-refractivity contribution is -0.149. The molecule has 2 aliphatic rings. The van der Waals surface area contributed by atoms with Gasteiger partial charge in [-0.1, -0.05) is 30.3 Å². The van der Waals surface area contributed by atoms with E-state index in [1.807, 2.05) is 6.92 Å². The average Bonchev–Trinajstić information content (AvgIpc) is 3.29. The van der Waals surface area contributed by atoms with E-state index < -0.39 is 0 Å². The number of benzene rings is 1. The molecule has 2 aliphatic heterocycles. The van der Waals surface area contributed by atoms with Crippen LogP contribution in [0.5, 0.6) is 0 Å². The quantitative estimate of drug-likeness (QED) is 0.433. The van der Waals surface area contributed by atoms with Gasteiger partial charge in [0.15, 0.2) is 5.96 Å². The van der Waals surface area contributed by atoms with Gasteiger partial charge in [0.2, 0.25) is 0 Å². The first kappa shape index (κ1) is 21.6. The molecule has 0 radical (unpaired) electrons. The minimum Gasteiger partial charge on any atom is -0.466 e. The summed E-state index contributed by atoms with van der Waals surface area (Å²) in [4.78, 5) is 21.9. The van der Waals surface area contributed by atoms with Crippen molar-refractivity contribution < 1.29 is 9.53 Å². The molecule has 6 heteroatoms. The van der Waals surface area contributed by atoms with Crippen LogP contribution in [-0.4, -0.2) is 67.6 Å². The molecule has 1 atom stereocenters. The SMILES string of the molecule is CCNC(=NCC(c1ccccc1)N1CCCC1)N1CCC(C(=O)OCC)CC1. The average molecular weight is 401 g/mol. The Hall–Kier alpha value is -2.08. The number of carbonyl (C=O) groups excluding carboxylic acids is 1. The molecular weight excluding hydrogens is 364 g/mol. The second kappa shape index (κ2) is 11.2. The van der Waals surface area contributed by atoms with Crippen molar-refractivity contribution >= 4 is 11.9 Å². The number of hydrogen-bond acceptors (Lipinski definition) is 4. The number of esters is 1. The number of guanidine groups is 1. The Bertz CT molecular complexity index is 650. The Labute approximate surface area is 175 Å². The molecule has 1 aromatic carbocycles. The number of ether oxygens (including phenoxy) is 1. The van der Waals surface area contributed by atoms with Crippen molar-refractivity contribution in [3.05, 3.63) is 35.9 Å². The predicted molar refractivity (Wildman–Crippen MR) is 117 cm³/mol. The summed E-state index contributed by atoms with van der Waals surface area (Å²) in [6.45, 7) is 10.0. The lowest BCUT2D eigenvalue weighted by Crippen LogP contribution is -2.47. The van der Waals surface area contributed by atoms with Crippen LogP contribution in [0.3, 0.4) is 0 Å². The van der Waals surface area contributed by atoms with Crippen molar-refractivity contribution in [2.24, 2.45) is 10.9 Å². The Balaban J connectivity index is 1.66. The molecular formula is C23H36N4O2. The van der Waals surface area contributed by atoms with Crippen LogP contribution < -0.4 is 5.32 Å². The normalized spacial score (nSPS) is 19.9. The highest BCUT2D eigenvalue weighted by Gasteiger charge is 2.28. The van der Waals surface area contributed by atoms with Crippen LogP contribution >= 0.6 is 0 Å². The first-order valence-corrected chi connectivity index (χ1v) is 11.2. The first-order valence-electron chi connectivity index (χ1n) is 11.2. The van der Waals surface area contributed by atoms with E-state index in [9.17, 15) is 4.79 Å². The van der Waals surface area contributed by atoms with E-state index in [0.717, 1.165) is 58.1 Å². The van der Waals surface area contributed by atoms with Gasteiger partial charge in [-0.2, -0.15) is 0 Å². The van der Waals surface area contributed by atoms with Gasteiger partial charge in [-0.3, -0.25) is 14.7 Å². The summed E-state index contributed by atoms with van der Waals surface area (Å²) in [5.74, 6) is 0.943. The number of carbonyl (C=O) groups is 1. The topological polar surface area (TPSA) is 57.2 Å². The van der Waals surface area contributed by atoms with Gasteiger partial charge in [-0.15, -0.1) is 0 Å². The molecule has 3 rings (SSSR count). The van der Waals surface area contributed by atoms with Gasteiger partial charge in [-0.25, -0.2) is 0 Å². The highest BCUT2D eigenvalue weighted by molar-refractivity contribution is 5.80. The zero-order valence-corrected chi connectivity index (χ0v) is 18.0. The molecule has 0 aliphatic carbocycles. The highest BCUT2D eigenvalue weighted by atomic mass is 16.5. The largest absolute Gasteiger partial charge is 0.466 e. The Kier molecular flexibility index (Phi) is 8.35. The number of nitrogens with one attached hydrogen (secondary N) is 1. The summed E-state index contributed by atoms with van der Waals surface area (Å²) in [5, 5.41) is 3.46. The molecule has 0 amide bonds. The van der Waals surface area contributed by atoms with Crippen molar-refractivity contribution in [2.45, 2.75) is 45.6 Å². The van der Waals surface area contributed by atoms with Gasteiger partial charge in [0.25, 0.3) is 0 Å². The van der Waals surface area contributed by atoms with Gasteiger partial charge < -0.3 is 15.0 Å². The maximum Gasteiger partial charge on any atom is 0.309 e. The van der Waals surface area contributed by atoms with Gasteiger partial charge in [0, 0.05) is 19.6 Å². The molecule has 0 bridgehead atoms. The smallest absolute Gasteiger partial charge is 0.309 e. The van der Waals surface area contributed by atoms with Crippen molar-refractivity contribution in [3.8, 4) is 0 Å². The van der Waals surface area contributed by atoms with Crippen LogP contribution in [0.1, 0.15) is 51.1 Å². The van der Waals surface area contributed by atoms with Crippen LogP contribution in [0.25, 0.3) is 0 Å². The summed E-state index contributed by atoms with van der Waals surface area (Å²) in [5.41, 5.74) is 1.34. The molecule has 2 fully saturated rings. The lowest BCUT2D eigenvalue weighted by atomic mass is 9.97. The van der Waals surface area contributed by atoms with E-state index in [-0.39, 0.29) is 11.9 Å². The zero-order chi connectivity index (χ0) is 20.5. The Morgan fingerprint density at radius 3 is 2.45 bits per heavy atom. The fraction of sp³-hybridized carbons (Fsp3) is 0.652. The minimum absolute atomic E-state index is 0.0238. The number of nitrogens with zero attached hydrogens (tertiary/aromatic N) is 3. The first-order chi connectivity index (χ1) is 14.2. The number of piperidine rings is 1. The molecule has 2 heterocycles. The highest BCUT2D eigenvalue weighted by Crippen LogP contribution is 2.26. The van der Waals surface area contributed by atoms with Crippen LogP contribution in [-0.2, 0) is 9.53 Å². The molecule has 1 aromatic rings. The van der Waals surface area contributed by atoms with Crippen LogP contribution in [0.4, 0.5) is 0 Å². The molecule has 1 unspecified atom stereocenters. The van der Waals surface area contributed by atoms with Crippen molar-refractivity contribution in [3.63, 3.8) is 0 Å². The summed E-state index contributed by atoms with van der Waals surface area (Å²) >= 11 is 0. The molecule has 0 saturated carbocycles. The zero-order valence-electron chi connectivity index (χ0n) is 18.0. The van der Waals surface area contributed by atoms with Crippen LogP contribution in [0.15, 0.2) is 35.3 Å². The van der Waals surface area contributed by atoms with E-state index in [1.54, 1.807) is 0 Å². The van der Waals surface area contributed by atoms with Crippen LogP contribution in [0, 0.1) is 5.92 Å². The molecule has 1 N–H and O–H groups in total. The number of hydrogen-bond donors (Lipinski definition) is 1. The minimum atomic E-state index is -0.0488. The van der Waals surface area contributed by atoms with Crippen molar-refractivity contribution in [2.75, 3.05) is 45.9 Å². The van der Waals surface area contributed by atoms with Gasteiger partial charge >= 0.3 is 5.97 Å². The number of rotatable bonds is 7. The standard InChI is InChI=1S/C23H36N4O2/c1-3-24-23(27-16-12-20(13-17-27)22(28)29-4-2)25-18-21(26-14-8-9-15-26)19-10-6-5-7-11-19/h5-7,10-11,20-21H,3-4,8-9,12-18H2,1-2H3,(H,24,25). The third kappa shape index (κ3) is 5.95. The molecule has 2 saturated heterocycles. The predicted octanol–water partition coefficient (Wildman–Crippen LogP) is 3.06. The summed E-state index contributed by atoms with van der Waals surface area (Å²) in [6, 6.07) is 11.1. The second-order valence-corrected chi connectivity index (χ2v) is 7.88. The van der Waals surface area contributed by atoms with E-state index >= 15 is 0 Å². The Morgan fingerprint density at radius 1 is 1.14 bits per heavy atom. The number of aliphatic imine (C=N–C) groups is 1. The molecule has 0 spiro atoms. The van der Waals surface area contributed by atoms with E-state index in [2.05, 4.69) is 52.4 Å². The van der Waals surface area contributed by atoms with Crippen molar-refractivity contribution in [1.82, 2.24) is 15.1 Å².